The second kappa shape index (κ2) is 9.45. The largest absolute Gasteiger partial charge is 0.369 e. The van der Waals surface area contributed by atoms with E-state index in [0.29, 0.717) is 0 Å². The number of hydrogen-bond donors (Lipinski definition) is 0. The molecule has 6 nitrogen and oxygen atoms in total. The van der Waals surface area contributed by atoms with Crippen LogP contribution in [0.1, 0.15) is 42.9 Å². The zero-order valence-electron chi connectivity index (χ0n) is 16.7. The molecule has 1 aromatic carbocycles. The second-order valence-corrected chi connectivity index (χ2v) is 8.46. The van der Waals surface area contributed by atoms with Crippen LogP contribution in [0.15, 0.2) is 41.8 Å². The van der Waals surface area contributed by atoms with Crippen molar-refractivity contribution in [1.29, 1.82) is 0 Å². The number of tetrazole rings is 1. The highest BCUT2D eigenvalue weighted by Gasteiger charge is 2.29. The molecule has 8 heteroatoms. The van der Waals surface area contributed by atoms with E-state index in [0.717, 1.165) is 63.5 Å². The molecule has 1 atom stereocenters. The first-order valence-corrected chi connectivity index (χ1v) is 11.2. The van der Waals surface area contributed by atoms with Gasteiger partial charge in [-0.2, -0.15) is 0 Å². The number of hydrogen-bond acceptors (Lipinski definition) is 6. The fourth-order valence-electron chi connectivity index (χ4n) is 3.93. The molecule has 4 rings (SSSR count). The Balaban J connectivity index is 1.47. The van der Waals surface area contributed by atoms with Crippen molar-refractivity contribution in [2.75, 3.05) is 31.1 Å². The van der Waals surface area contributed by atoms with Gasteiger partial charge in [0.15, 0.2) is 5.82 Å². The Bertz CT molecular complexity index is 871. The summed E-state index contributed by atoms with van der Waals surface area (Å²) in [6.07, 6.45) is 3.35. The maximum Gasteiger partial charge on any atom is 0.168 e. The van der Waals surface area contributed by atoms with Gasteiger partial charge in [0.25, 0.3) is 0 Å². The maximum absolute atomic E-state index is 13.2. The highest BCUT2D eigenvalue weighted by atomic mass is 32.1. The van der Waals surface area contributed by atoms with E-state index in [1.54, 1.807) is 11.3 Å². The Morgan fingerprint density at radius 2 is 1.90 bits per heavy atom. The summed E-state index contributed by atoms with van der Waals surface area (Å²) >= 11 is 1.73. The number of benzene rings is 1. The summed E-state index contributed by atoms with van der Waals surface area (Å²) < 4.78 is 15.2. The number of aromatic nitrogens is 4. The molecule has 1 saturated heterocycles. The van der Waals surface area contributed by atoms with E-state index in [1.807, 2.05) is 16.8 Å². The van der Waals surface area contributed by atoms with Crippen LogP contribution in [0.3, 0.4) is 0 Å². The van der Waals surface area contributed by atoms with Crippen LogP contribution in [-0.4, -0.2) is 51.3 Å². The fraction of sp³-hybridized carbons (Fsp3) is 0.476. The van der Waals surface area contributed by atoms with Crippen LogP contribution in [0.25, 0.3) is 0 Å². The highest BCUT2D eigenvalue weighted by Crippen LogP contribution is 2.28. The van der Waals surface area contributed by atoms with Gasteiger partial charge in [-0.1, -0.05) is 25.8 Å². The van der Waals surface area contributed by atoms with E-state index >= 15 is 0 Å². The monoisotopic (exact) mass is 414 g/mol. The molecular formula is C21H27FN6S. The fourth-order valence-corrected chi connectivity index (χ4v) is 4.62. The lowest BCUT2D eigenvalue weighted by Crippen LogP contribution is -2.48. The van der Waals surface area contributed by atoms with E-state index in [9.17, 15) is 4.39 Å². The quantitative estimate of drug-likeness (QED) is 0.558. The molecule has 1 fully saturated rings. The third-order valence-corrected chi connectivity index (χ3v) is 6.38. The Labute approximate surface area is 174 Å². The predicted octanol–water partition coefficient (Wildman–Crippen LogP) is 3.98. The smallest absolute Gasteiger partial charge is 0.168 e. The SMILES string of the molecule is CCCC[C@@H](c1nnnn1Cc1cccs1)N1CCN(c2ccc(F)cc2)CC1. The van der Waals surface area contributed by atoms with Gasteiger partial charge in [-0.05, 0) is 52.6 Å². The molecule has 3 heterocycles. The van der Waals surface area contributed by atoms with Crippen LogP contribution >= 0.6 is 11.3 Å². The molecule has 0 spiro atoms. The Morgan fingerprint density at radius 1 is 1.10 bits per heavy atom. The van der Waals surface area contributed by atoms with Crippen LogP contribution in [-0.2, 0) is 6.54 Å². The van der Waals surface area contributed by atoms with Crippen LogP contribution in [0.5, 0.6) is 0 Å². The number of anilines is 1. The summed E-state index contributed by atoms with van der Waals surface area (Å²) in [4.78, 5) is 6.09. The minimum absolute atomic E-state index is 0.190. The first-order valence-electron chi connectivity index (χ1n) is 10.3. The lowest BCUT2D eigenvalue weighted by molar-refractivity contribution is 0.163. The molecule has 1 aliphatic heterocycles. The van der Waals surface area contributed by atoms with Crippen LogP contribution in [0, 0.1) is 5.82 Å². The average molecular weight is 415 g/mol. The standard InChI is InChI=1S/C21H27FN6S/c1-2-3-6-20(21-23-24-25-28(21)16-19-5-4-15-29-19)27-13-11-26(12-14-27)18-9-7-17(22)8-10-18/h4-5,7-10,15,20H,2-3,6,11-14,16H2,1H3/t20-/m0/s1. The maximum atomic E-state index is 13.2. The summed E-state index contributed by atoms with van der Waals surface area (Å²) in [7, 11) is 0. The number of piperazine rings is 1. The highest BCUT2D eigenvalue weighted by molar-refractivity contribution is 7.09. The van der Waals surface area contributed by atoms with Gasteiger partial charge in [0.2, 0.25) is 0 Å². The number of unbranched alkanes of at least 4 members (excludes halogenated alkanes) is 1. The number of rotatable bonds is 8. The normalized spacial score (nSPS) is 16.3. The average Bonchev–Trinajstić information content (AvgIpc) is 3.42. The minimum Gasteiger partial charge on any atom is -0.369 e. The second-order valence-electron chi connectivity index (χ2n) is 7.43. The molecule has 0 radical (unpaired) electrons. The zero-order chi connectivity index (χ0) is 20.1. The zero-order valence-corrected chi connectivity index (χ0v) is 17.6. The Morgan fingerprint density at radius 3 is 2.59 bits per heavy atom. The number of thiophene rings is 1. The molecule has 29 heavy (non-hydrogen) atoms. The summed E-state index contributed by atoms with van der Waals surface area (Å²) in [5.74, 6) is 0.770. The van der Waals surface area contributed by atoms with Crippen molar-refractivity contribution in [1.82, 2.24) is 25.1 Å². The molecule has 0 amide bonds. The number of nitrogens with zero attached hydrogens (tertiary/aromatic N) is 6. The van der Waals surface area contributed by atoms with Gasteiger partial charge in [-0.15, -0.1) is 16.4 Å². The molecule has 3 aromatic rings. The first kappa shape index (κ1) is 20.0. The van der Waals surface area contributed by atoms with Crippen LogP contribution in [0.2, 0.25) is 0 Å². The van der Waals surface area contributed by atoms with Crippen molar-refractivity contribution < 1.29 is 4.39 Å². The predicted molar refractivity (Wildman–Crippen MR) is 114 cm³/mol. The molecule has 0 saturated carbocycles. The topological polar surface area (TPSA) is 50.1 Å². The van der Waals surface area contributed by atoms with E-state index in [2.05, 4.69) is 49.8 Å². The van der Waals surface area contributed by atoms with Crippen LogP contribution in [0.4, 0.5) is 10.1 Å². The molecule has 1 aliphatic rings. The summed E-state index contributed by atoms with van der Waals surface area (Å²) in [6, 6.07) is 11.2. The Kier molecular flexibility index (Phi) is 6.51. The summed E-state index contributed by atoms with van der Waals surface area (Å²) in [5, 5.41) is 14.8. The molecule has 2 aromatic heterocycles. The molecule has 0 bridgehead atoms. The number of halogens is 1. The van der Waals surface area contributed by atoms with E-state index in [-0.39, 0.29) is 11.9 Å². The van der Waals surface area contributed by atoms with Gasteiger partial charge >= 0.3 is 0 Å². The van der Waals surface area contributed by atoms with Crippen molar-refractivity contribution >= 4 is 17.0 Å². The van der Waals surface area contributed by atoms with Crippen LogP contribution < -0.4 is 4.90 Å². The minimum atomic E-state index is -0.190. The molecular weight excluding hydrogens is 387 g/mol. The van der Waals surface area contributed by atoms with Crippen molar-refractivity contribution in [2.24, 2.45) is 0 Å². The molecule has 0 N–H and O–H groups in total. The lowest BCUT2D eigenvalue weighted by atomic mass is 10.1. The van der Waals surface area contributed by atoms with Gasteiger partial charge in [-0.25, -0.2) is 9.07 Å². The lowest BCUT2D eigenvalue weighted by Gasteiger charge is -2.39. The van der Waals surface area contributed by atoms with E-state index in [1.165, 1.54) is 17.0 Å². The van der Waals surface area contributed by atoms with Gasteiger partial charge in [-0.3, -0.25) is 4.90 Å². The van der Waals surface area contributed by atoms with Crippen molar-refractivity contribution in [2.45, 2.75) is 38.8 Å². The van der Waals surface area contributed by atoms with Gasteiger partial charge in [0.05, 0.1) is 12.6 Å². The molecule has 0 unspecified atom stereocenters. The van der Waals surface area contributed by atoms with Crippen molar-refractivity contribution in [3.05, 3.63) is 58.3 Å². The van der Waals surface area contributed by atoms with E-state index in [4.69, 9.17) is 0 Å². The van der Waals surface area contributed by atoms with Gasteiger partial charge in [0, 0.05) is 36.7 Å². The molecule has 154 valence electrons. The summed E-state index contributed by atoms with van der Waals surface area (Å²) in [5.41, 5.74) is 1.08. The Hall–Kier alpha value is -2.32. The first-order chi connectivity index (χ1) is 14.2. The van der Waals surface area contributed by atoms with E-state index < -0.39 is 0 Å². The van der Waals surface area contributed by atoms with Crippen molar-refractivity contribution in [3.8, 4) is 0 Å². The van der Waals surface area contributed by atoms with Gasteiger partial charge in [0.1, 0.15) is 5.82 Å². The van der Waals surface area contributed by atoms with Crippen molar-refractivity contribution in [3.63, 3.8) is 0 Å². The third-order valence-electron chi connectivity index (χ3n) is 5.52. The van der Waals surface area contributed by atoms with Gasteiger partial charge < -0.3 is 4.90 Å². The summed E-state index contributed by atoms with van der Waals surface area (Å²) in [6.45, 7) is 6.66. The third kappa shape index (κ3) is 4.82. The molecule has 0 aliphatic carbocycles.